The number of carboxylic acid groups (broad SMARTS) is 1. The lowest BCUT2D eigenvalue weighted by atomic mass is 9.79. The van der Waals surface area contributed by atoms with E-state index >= 15 is 0 Å². The Labute approximate surface area is 256 Å². The number of hydrogen-bond donors (Lipinski definition) is 4. The minimum absolute atomic E-state index is 0.0726. The van der Waals surface area contributed by atoms with Crippen molar-refractivity contribution in [1.29, 1.82) is 0 Å². The van der Waals surface area contributed by atoms with Crippen LogP contribution in [0.15, 0.2) is 58.5 Å². The number of fused-ring (bicyclic) bond motifs is 1. The van der Waals surface area contributed by atoms with Gasteiger partial charge in [0, 0.05) is 40.6 Å². The largest absolute Gasteiger partial charge is 0.478 e. The van der Waals surface area contributed by atoms with Crippen LogP contribution in [0.4, 0.5) is 17.1 Å². The predicted molar refractivity (Wildman–Crippen MR) is 175 cm³/mol. The zero-order chi connectivity index (χ0) is 31.1. The molecule has 232 valence electrons. The number of nitrogens with one attached hydrogen (secondary N) is 1. The van der Waals surface area contributed by atoms with Crippen LogP contribution < -0.4 is 15.0 Å². The second-order valence-electron chi connectivity index (χ2n) is 12.1. The number of unbranched alkanes of at least 4 members (excludes halogenated alkanes) is 2. The van der Waals surface area contributed by atoms with E-state index in [4.69, 9.17) is 9.84 Å². The summed E-state index contributed by atoms with van der Waals surface area (Å²) < 4.78 is 29.3. The third-order valence-electron chi connectivity index (χ3n) is 7.53. The minimum Gasteiger partial charge on any atom is -0.478 e. The molecule has 0 atom stereocenters. The maximum atomic E-state index is 12.6. The summed E-state index contributed by atoms with van der Waals surface area (Å²) in [5, 5.41) is 12.0. The van der Waals surface area contributed by atoms with Crippen LogP contribution >= 0.6 is 22.4 Å². The summed E-state index contributed by atoms with van der Waals surface area (Å²) in [7, 11) is -3.25. The molecular weight excluding hydrogens is 572 g/mol. The van der Waals surface area contributed by atoms with Crippen molar-refractivity contribution in [2.45, 2.75) is 82.9 Å². The monoisotopic (exact) mass is 618 g/mol. The Bertz CT molecular complexity index is 1260. The maximum Gasteiger partial charge on any atom is 0.331 e. The highest BCUT2D eigenvalue weighted by Crippen LogP contribution is 2.62. The number of rotatable bonds is 12. The first-order valence-corrected chi connectivity index (χ1v) is 17.4. The predicted octanol–water partition coefficient (Wildman–Crippen LogP) is 9.00. The van der Waals surface area contributed by atoms with Gasteiger partial charge in [-0.25, -0.2) is 4.79 Å². The summed E-state index contributed by atoms with van der Waals surface area (Å²) in [5.74, 6) is -0.596. The summed E-state index contributed by atoms with van der Waals surface area (Å²) in [6.45, 7) is 10.5. The van der Waals surface area contributed by atoms with Gasteiger partial charge >= 0.3 is 5.97 Å². The van der Waals surface area contributed by atoms with Gasteiger partial charge in [0.1, 0.15) is 5.75 Å². The molecule has 2 aromatic carbocycles. The van der Waals surface area contributed by atoms with Gasteiger partial charge in [0.05, 0.1) is 27.8 Å². The van der Waals surface area contributed by atoms with Crippen molar-refractivity contribution in [3.8, 4) is 5.75 Å². The van der Waals surface area contributed by atoms with Crippen LogP contribution in [0.5, 0.6) is 5.75 Å². The second-order valence-corrected chi connectivity index (χ2v) is 15.0. The third-order valence-corrected chi connectivity index (χ3v) is 10.3. The average Bonchev–Trinajstić information content (AvgIpc) is 3.02. The van der Waals surface area contributed by atoms with Crippen LogP contribution in [-0.2, 0) is 9.59 Å². The number of ether oxygens (including phenoxy) is 1. The average molecular weight is 619 g/mol. The molecular formula is C32H46N2O6S2. The summed E-state index contributed by atoms with van der Waals surface area (Å²) in [6.07, 6.45) is 9.60. The summed E-state index contributed by atoms with van der Waals surface area (Å²) in [5.41, 5.74) is 1.40. The van der Waals surface area contributed by atoms with Crippen molar-refractivity contribution in [2.24, 2.45) is 10.8 Å². The van der Waals surface area contributed by atoms with Gasteiger partial charge in [-0.05, 0) is 49.4 Å². The van der Waals surface area contributed by atoms with E-state index in [9.17, 15) is 18.7 Å². The maximum absolute atomic E-state index is 12.6. The Hall–Kier alpha value is -2.66. The quantitative estimate of drug-likeness (QED) is 0.106. The van der Waals surface area contributed by atoms with Crippen molar-refractivity contribution in [3.05, 3.63) is 48.7 Å². The van der Waals surface area contributed by atoms with Crippen LogP contribution in [0.3, 0.4) is 0 Å². The Morgan fingerprint density at radius 2 is 1.71 bits per heavy atom. The Morgan fingerprint density at radius 1 is 1.10 bits per heavy atom. The van der Waals surface area contributed by atoms with Crippen molar-refractivity contribution in [2.75, 3.05) is 28.8 Å². The minimum atomic E-state index is -3.25. The summed E-state index contributed by atoms with van der Waals surface area (Å²) in [4.78, 5) is 26.9. The molecule has 0 saturated heterocycles. The Kier molecular flexibility index (Phi) is 11.4. The van der Waals surface area contributed by atoms with Gasteiger partial charge in [0.25, 0.3) is 0 Å². The smallest absolute Gasteiger partial charge is 0.331 e. The molecule has 0 spiro atoms. The van der Waals surface area contributed by atoms with Crippen LogP contribution in [-0.4, -0.2) is 44.6 Å². The Balaban J connectivity index is 2.18. The molecule has 1 aliphatic heterocycles. The second kappa shape index (κ2) is 14.2. The summed E-state index contributed by atoms with van der Waals surface area (Å²) >= 11 is 1.44. The van der Waals surface area contributed by atoms with Gasteiger partial charge in [-0.15, -0.1) is 11.8 Å². The number of amides is 1. The highest BCUT2D eigenvalue weighted by molar-refractivity contribution is 8.24. The molecule has 2 aromatic rings. The molecule has 0 aromatic heterocycles. The first-order chi connectivity index (χ1) is 19.7. The van der Waals surface area contributed by atoms with E-state index in [1.165, 1.54) is 11.8 Å². The van der Waals surface area contributed by atoms with Gasteiger partial charge in [0.2, 0.25) is 5.91 Å². The fourth-order valence-corrected chi connectivity index (χ4v) is 7.92. The molecule has 1 aliphatic rings. The van der Waals surface area contributed by atoms with Gasteiger partial charge in [0.15, 0.2) is 0 Å². The molecule has 0 bridgehead atoms. The van der Waals surface area contributed by atoms with Crippen molar-refractivity contribution in [1.82, 2.24) is 0 Å². The normalized spacial score (nSPS) is 16.9. The molecule has 0 fully saturated rings. The zero-order valence-corrected chi connectivity index (χ0v) is 27.2. The molecule has 0 aliphatic carbocycles. The standard InChI is InChI=1S/C32H46N2O6S2/c1-7-9-16-32(17-10-8-2)21-34(24-13-11-23(12-14-24)33-30(37)31(3,4)5)25-19-27(41-6)26(40-18-15-29(35)36)20-28(25)42(38,39)22-32/h11-15,18-20,38-39H,7-10,16-17,21-22H2,1-6H3,(H,33,37)(H,35,36)/b18-15+. The number of benzene rings is 2. The molecule has 1 amide bonds. The van der Waals surface area contributed by atoms with Crippen LogP contribution in [0.25, 0.3) is 0 Å². The Morgan fingerprint density at radius 3 is 2.24 bits per heavy atom. The van der Waals surface area contributed by atoms with E-state index in [0.29, 0.717) is 28.6 Å². The molecule has 4 N–H and O–H groups in total. The first kappa shape index (κ1) is 33.8. The van der Waals surface area contributed by atoms with E-state index in [1.807, 2.05) is 57.4 Å². The van der Waals surface area contributed by atoms with Crippen molar-refractivity contribution < 1.29 is 28.5 Å². The summed E-state index contributed by atoms with van der Waals surface area (Å²) in [6, 6.07) is 11.2. The fraction of sp³-hybridized carbons (Fsp3) is 0.500. The molecule has 0 unspecified atom stereocenters. The number of hydrogen-bond acceptors (Lipinski definition) is 7. The zero-order valence-electron chi connectivity index (χ0n) is 25.6. The van der Waals surface area contributed by atoms with E-state index in [2.05, 4.69) is 24.1 Å². The highest BCUT2D eigenvalue weighted by atomic mass is 32.3. The number of carbonyl (C=O) groups excluding carboxylic acids is 1. The number of anilines is 3. The molecule has 10 heteroatoms. The molecule has 0 saturated carbocycles. The third kappa shape index (κ3) is 8.46. The van der Waals surface area contributed by atoms with E-state index in [0.717, 1.165) is 61.4 Å². The van der Waals surface area contributed by atoms with Gasteiger partial charge in [-0.2, -0.15) is 10.6 Å². The van der Waals surface area contributed by atoms with Crippen LogP contribution in [0.1, 0.15) is 73.1 Å². The van der Waals surface area contributed by atoms with E-state index < -0.39 is 22.0 Å². The number of nitrogens with zero attached hydrogens (tertiary/aromatic N) is 1. The van der Waals surface area contributed by atoms with Crippen molar-refractivity contribution in [3.63, 3.8) is 0 Å². The van der Waals surface area contributed by atoms with Gasteiger partial charge in [-0.3, -0.25) is 13.9 Å². The lowest BCUT2D eigenvalue weighted by molar-refractivity contribution is -0.131. The fourth-order valence-electron chi connectivity index (χ4n) is 5.20. The first-order valence-electron chi connectivity index (χ1n) is 14.5. The lowest BCUT2D eigenvalue weighted by Crippen LogP contribution is -2.38. The molecule has 3 rings (SSSR count). The van der Waals surface area contributed by atoms with Crippen LogP contribution in [0.2, 0.25) is 0 Å². The number of aliphatic carboxylic acids is 1. The SMILES string of the molecule is CCCCC1(CCCC)CN(c2ccc(NC(=O)C(C)(C)C)cc2)c2cc(SC)c(O/C=C/C(=O)O)cc2S(O)(O)C1. The molecule has 0 radical (unpaired) electrons. The number of thioether (sulfide) groups is 1. The number of carboxylic acids is 1. The highest BCUT2D eigenvalue weighted by Gasteiger charge is 2.42. The topological polar surface area (TPSA) is 119 Å². The lowest BCUT2D eigenvalue weighted by Gasteiger charge is -2.42. The molecule has 42 heavy (non-hydrogen) atoms. The molecule has 8 nitrogen and oxygen atoms in total. The molecule has 1 heterocycles. The van der Waals surface area contributed by atoms with Crippen LogP contribution in [0, 0.1) is 10.8 Å². The van der Waals surface area contributed by atoms with Gasteiger partial charge in [-0.1, -0.05) is 60.3 Å². The van der Waals surface area contributed by atoms with Crippen molar-refractivity contribution >= 4 is 51.3 Å². The van der Waals surface area contributed by atoms with E-state index in [1.54, 1.807) is 6.07 Å². The van der Waals surface area contributed by atoms with E-state index in [-0.39, 0.29) is 17.1 Å². The number of carbonyl (C=O) groups is 2. The van der Waals surface area contributed by atoms with Gasteiger partial charge < -0.3 is 20.1 Å².